The molecule has 1 aromatic rings. The summed E-state index contributed by atoms with van der Waals surface area (Å²) in [7, 11) is 3.19. The molecular weight excluding hydrogens is 222 g/mol. The number of carbonyl (C=O) groups is 1. The van der Waals surface area contributed by atoms with Crippen molar-refractivity contribution in [3.05, 3.63) is 23.8 Å². The monoisotopic (exact) mass is 239 g/mol. The molecule has 0 heterocycles. The van der Waals surface area contributed by atoms with E-state index in [1.54, 1.807) is 14.2 Å². The lowest BCUT2D eigenvalue weighted by molar-refractivity contribution is 0.155. The first-order valence-electron chi connectivity index (χ1n) is 5.30. The van der Waals surface area contributed by atoms with Crippen LogP contribution in [0.15, 0.2) is 18.2 Å². The highest BCUT2D eigenvalue weighted by Gasteiger charge is 2.04. The molecule has 1 amide bonds. The van der Waals surface area contributed by atoms with Crippen LogP contribution in [0.3, 0.4) is 0 Å². The fourth-order valence-electron chi connectivity index (χ4n) is 1.49. The minimum Gasteiger partial charge on any atom is -0.493 e. The van der Waals surface area contributed by atoms with Crippen LogP contribution >= 0.6 is 0 Å². The van der Waals surface area contributed by atoms with E-state index in [1.807, 2.05) is 18.2 Å². The lowest BCUT2D eigenvalue weighted by Crippen LogP contribution is -2.13. The molecule has 0 spiro atoms. The lowest BCUT2D eigenvalue weighted by atomic mass is 10.1. The molecule has 0 fully saturated rings. The van der Waals surface area contributed by atoms with Gasteiger partial charge in [0.05, 0.1) is 20.8 Å². The summed E-state index contributed by atoms with van der Waals surface area (Å²) in [5.41, 5.74) is 5.95. The first kappa shape index (κ1) is 13.2. The topological polar surface area (TPSA) is 70.8 Å². The minimum absolute atomic E-state index is 0.323. The fraction of sp³-hybridized carbons (Fsp3) is 0.417. The standard InChI is InChI=1S/C12H17NO4/c1-15-10-6-5-9(8-11(10)16-2)4-3-7-17-12(13)14/h5-6,8H,3-4,7H2,1-2H3,(H2,13,14). The van der Waals surface area contributed by atoms with E-state index in [1.165, 1.54) is 0 Å². The van der Waals surface area contributed by atoms with Crippen LogP contribution in [0.25, 0.3) is 0 Å². The number of hydrogen-bond donors (Lipinski definition) is 1. The summed E-state index contributed by atoms with van der Waals surface area (Å²) in [5.74, 6) is 1.39. The van der Waals surface area contributed by atoms with Gasteiger partial charge in [0.1, 0.15) is 0 Å². The molecule has 0 aliphatic heterocycles. The van der Waals surface area contributed by atoms with Gasteiger partial charge in [-0.25, -0.2) is 4.79 Å². The van der Waals surface area contributed by atoms with E-state index in [4.69, 9.17) is 15.2 Å². The maximum Gasteiger partial charge on any atom is 0.404 e. The molecule has 0 unspecified atom stereocenters. The molecule has 5 heteroatoms. The highest BCUT2D eigenvalue weighted by Crippen LogP contribution is 2.27. The third-order valence-electron chi connectivity index (χ3n) is 2.30. The van der Waals surface area contributed by atoms with Crippen LogP contribution in [0.4, 0.5) is 4.79 Å². The molecule has 0 atom stereocenters. The van der Waals surface area contributed by atoms with E-state index < -0.39 is 6.09 Å². The zero-order valence-corrected chi connectivity index (χ0v) is 10.1. The Hall–Kier alpha value is -1.91. The third kappa shape index (κ3) is 4.22. The second kappa shape index (κ2) is 6.62. The number of carbonyl (C=O) groups excluding carboxylic acids is 1. The molecule has 0 bridgehead atoms. The number of hydrogen-bond acceptors (Lipinski definition) is 4. The second-order valence-corrected chi connectivity index (χ2v) is 3.46. The van der Waals surface area contributed by atoms with E-state index >= 15 is 0 Å². The Morgan fingerprint density at radius 1 is 1.24 bits per heavy atom. The van der Waals surface area contributed by atoms with E-state index in [0.29, 0.717) is 18.1 Å². The van der Waals surface area contributed by atoms with E-state index in [-0.39, 0.29) is 0 Å². The van der Waals surface area contributed by atoms with Gasteiger partial charge >= 0.3 is 6.09 Å². The van der Waals surface area contributed by atoms with Crippen LogP contribution in [0.5, 0.6) is 11.5 Å². The van der Waals surface area contributed by atoms with Crippen molar-refractivity contribution in [3.63, 3.8) is 0 Å². The zero-order chi connectivity index (χ0) is 12.7. The van der Waals surface area contributed by atoms with Crippen molar-refractivity contribution in [2.45, 2.75) is 12.8 Å². The molecule has 17 heavy (non-hydrogen) atoms. The number of nitrogens with two attached hydrogens (primary N) is 1. The predicted molar refractivity (Wildman–Crippen MR) is 63.4 cm³/mol. The van der Waals surface area contributed by atoms with Crippen LogP contribution in [-0.4, -0.2) is 26.9 Å². The Kier molecular flexibility index (Phi) is 5.13. The molecule has 2 N–H and O–H groups in total. The normalized spacial score (nSPS) is 9.76. The van der Waals surface area contributed by atoms with Crippen molar-refractivity contribution in [1.29, 1.82) is 0 Å². The van der Waals surface area contributed by atoms with Crippen LogP contribution in [0.1, 0.15) is 12.0 Å². The minimum atomic E-state index is -0.739. The Bertz CT molecular complexity index is 379. The summed E-state index contributed by atoms with van der Waals surface area (Å²) in [6.45, 7) is 0.323. The fourth-order valence-corrected chi connectivity index (χ4v) is 1.49. The molecule has 0 aromatic heterocycles. The van der Waals surface area contributed by atoms with Crippen LogP contribution < -0.4 is 15.2 Å². The number of aryl methyl sites for hydroxylation is 1. The highest BCUT2D eigenvalue weighted by atomic mass is 16.5. The largest absolute Gasteiger partial charge is 0.493 e. The summed E-state index contributed by atoms with van der Waals surface area (Å²) in [5, 5.41) is 0. The number of ether oxygens (including phenoxy) is 3. The molecule has 5 nitrogen and oxygen atoms in total. The quantitative estimate of drug-likeness (QED) is 0.767. The number of primary amides is 1. The van der Waals surface area contributed by atoms with Crippen molar-refractivity contribution in [1.82, 2.24) is 0 Å². The molecule has 94 valence electrons. The first-order valence-corrected chi connectivity index (χ1v) is 5.30. The number of amides is 1. The molecule has 0 saturated heterocycles. The molecule has 0 aliphatic carbocycles. The second-order valence-electron chi connectivity index (χ2n) is 3.46. The highest BCUT2D eigenvalue weighted by molar-refractivity contribution is 5.64. The molecule has 0 aliphatic rings. The van der Waals surface area contributed by atoms with Gasteiger partial charge in [-0.3, -0.25) is 0 Å². The Labute approximate surface area is 100 Å². The Balaban J connectivity index is 2.51. The van der Waals surface area contributed by atoms with Crippen molar-refractivity contribution >= 4 is 6.09 Å². The third-order valence-corrected chi connectivity index (χ3v) is 2.30. The van der Waals surface area contributed by atoms with Gasteiger partial charge in [0.15, 0.2) is 11.5 Å². The predicted octanol–water partition coefficient (Wildman–Crippen LogP) is 1.73. The summed E-state index contributed by atoms with van der Waals surface area (Å²) < 4.78 is 15.0. The summed E-state index contributed by atoms with van der Waals surface area (Å²) in [4.78, 5) is 10.4. The first-order chi connectivity index (χ1) is 8.17. The average molecular weight is 239 g/mol. The Morgan fingerprint density at radius 3 is 2.53 bits per heavy atom. The Morgan fingerprint density at radius 2 is 1.94 bits per heavy atom. The maximum atomic E-state index is 10.4. The van der Waals surface area contributed by atoms with Crippen molar-refractivity contribution in [2.24, 2.45) is 5.73 Å². The van der Waals surface area contributed by atoms with Gasteiger partial charge in [0.25, 0.3) is 0 Å². The van der Waals surface area contributed by atoms with Crippen LogP contribution in [0.2, 0.25) is 0 Å². The van der Waals surface area contributed by atoms with E-state index in [0.717, 1.165) is 18.4 Å². The maximum absolute atomic E-state index is 10.4. The SMILES string of the molecule is COc1ccc(CCCOC(N)=O)cc1OC. The van der Waals surface area contributed by atoms with Crippen molar-refractivity contribution in [3.8, 4) is 11.5 Å². The van der Waals surface area contributed by atoms with Crippen LogP contribution in [0, 0.1) is 0 Å². The van der Waals surface area contributed by atoms with Gasteiger partial charge in [-0.1, -0.05) is 6.07 Å². The summed E-state index contributed by atoms with van der Waals surface area (Å²) in [6, 6.07) is 5.71. The van der Waals surface area contributed by atoms with Gasteiger partial charge in [0, 0.05) is 0 Å². The van der Waals surface area contributed by atoms with Gasteiger partial charge in [-0.05, 0) is 30.5 Å². The lowest BCUT2D eigenvalue weighted by Gasteiger charge is -2.09. The molecule has 0 saturated carbocycles. The number of benzene rings is 1. The summed E-state index contributed by atoms with van der Waals surface area (Å²) >= 11 is 0. The van der Waals surface area contributed by atoms with Crippen LogP contribution in [-0.2, 0) is 11.2 Å². The zero-order valence-electron chi connectivity index (χ0n) is 10.1. The van der Waals surface area contributed by atoms with Gasteiger partial charge < -0.3 is 19.9 Å². The van der Waals surface area contributed by atoms with Gasteiger partial charge in [0.2, 0.25) is 0 Å². The van der Waals surface area contributed by atoms with Crippen molar-refractivity contribution < 1.29 is 19.0 Å². The smallest absolute Gasteiger partial charge is 0.404 e. The molecular formula is C12H17NO4. The summed E-state index contributed by atoms with van der Waals surface area (Å²) in [6.07, 6.45) is 0.767. The molecule has 1 rings (SSSR count). The average Bonchev–Trinajstić information content (AvgIpc) is 2.34. The van der Waals surface area contributed by atoms with Gasteiger partial charge in [-0.2, -0.15) is 0 Å². The number of rotatable bonds is 6. The van der Waals surface area contributed by atoms with Crippen molar-refractivity contribution in [2.75, 3.05) is 20.8 Å². The molecule has 0 radical (unpaired) electrons. The van der Waals surface area contributed by atoms with E-state index in [2.05, 4.69) is 4.74 Å². The van der Waals surface area contributed by atoms with E-state index in [9.17, 15) is 4.79 Å². The van der Waals surface area contributed by atoms with Gasteiger partial charge in [-0.15, -0.1) is 0 Å². The molecule has 1 aromatic carbocycles. The number of methoxy groups -OCH3 is 2.